The first-order valence-electron chi connectivity index (χ1n) is 6.22. The Balaban J connectivity index is 3.04. The zero-order chi connectivity index (χ0) is 14.8. The fourth-order valence-electron chi connectivity index (χ4n) is 1.59. The second-order valence-corrected chi connectivity index (χ2v) is 5.68. The summed E-state index contributed by atoms with van der Waals surface area (Å²) in [5.41, 5.74) is -0.600. The van der Waals surface area contributed by atoms with Crippen molar-refractivity contribution in [2.45, 2.75) is 46.2 Å². The maximum atomic E-state index is 12.2. The van der Waals surface area contributed by atoms with Crippen molar-refractivity contribution in [2.75, 3.05) is 5.32 Å². The molecule has 6 heteroatoms. The molecule has 1 heterocycles. The van der Waals surface area contributed by atoms with Crippen molar-refractivity contribution in [1.29, 1.82) is 0 Å². The number of aromatic nitrogens is 2. The topological polar surface area (TPSA) is 84.2 Å². The highest BCUT2D eigenvalue weighted by Gasteiger charge is 2.22. The minimum absolute atomic E-state index is 0.179. The van der Waals surface area contributed by atoms with Crippen molar-refractivity contribution < 1.29 is 9.90 Å². The fraction of sp³-hybridized carbons (Fsp3) is 0.615. The van der Waals surface area contributed by atoms with Crippen LogP contribution in [0.25, 0.3) is 0 Å². The van der Waals surface area contributed by atoms with E-state index in [-0.39, 0.29) is 23.0 Å². The van der Waals surface area contributed by atoms with E-state index in [4.69, 9.17) is 5.11 Å². The summed E-state index contributed by atoms with van der Waals surface area (Å²) in [7, 11) is 0. The van der Waals surface area contributed by atoms with E-state index >= 15 is 0 Å². The minimum Gasteiger partial charge on any atom is -0.481 e. The Morgan fingerprint density at radius 3 is 2.47 bits per heavy atom. The van der Waals surface area contributed by atoms with Gasteiger partial charge >= 0.3 is 5.97 Å². The van der Waals surface area contributed by atoms with E-state index in [9.17, 15) is 9.59 Å². The van der Waals surface area contributed by atoms with Crippen LogP contribution in [0, 0.1) is 5.92 Å². The third-order valence-electron chi connectivity index (χ3n) is 3.07. The monoisotopic (exact) mass is 267 g/mol. The third-order valence-corrected chi connectivity index (χ3v) is 3.07. The molecular weight excluding hydrogens is 246 g/mol. The van der Waals surface area contributed by atoms with E-state index in [2.05, 4.69) is 10.3 Å². The molecule has 0 fully saturated rings. The molecule has 1 aromatic heterocycles. The van der Waals surface area contributed by atoms with Crippen LogP contribution in [0.15, 0.2) is 17.2 Å². The first kappa shape index (κ1) is 15.2. The van der Waals surface area contributed by atoms with Gasteiger partial charge in [0.2, 0.25) is 0 Å². The van der Waals surface area contributed by atoms with E-state index < -0.39 is 11.9 Å². The number of aliphatic carboxylic acids is 1. The smallest absolute Gasteiger partial charge is 0.308 e. The predicted octanol–water partition coefficient (Wildman–Crippen LogP) is 1.52. The highest BCUT2D eigenvalue weighted by Crippen LogP contribution is 2.12. The van der Waals surface area contributed by atoms with Gasteiger partial charge in [-0.25, -0.2) is 4.98 Å². The van der Waals surface area contributed by atoms with Crippen LogP contribution in [-0.4, -0.2) is 26.7 Å². The van der Waals surface area contributed by atoms with Crippen molar-refractivity contribution in [1.82, 2.24) is 9.55 Å². The van der Waals surface area contributed by atoms with Crippen LogP contribution in [0.2, 0.25) is 0 Å². The van der Waals surface area contributed by atoms with E-state index in [1.165, 1.54) is 6.20 Å². The zero-order valence-corrected chi connectivity index (χ0v) is 12.0. The Morgan fingerprint density at radius 2 is 2.00 bits per heavy atom. The zero-order valence-electron chi connectivity index (χ0n) is 12.0. The van der Waals surface area contributed by atoms with Crippen LogP contribution < -0.4 is 10.9 Å². The van der Waals surface area contributed by atoms with Gasteiger partial charge in [-0.2, -0.15) is 0 Å². The molecule has 0 radical (unpaired) electrons. The van der Waals surface area contributed by atoms with E-state index in [0.29, 0.717) is 0 Å². The molecule has 106 valence electrons. The highest BCUT2D eigenvalue weighted by molar-refractivity contribution is 5.70. The molecule has 0 saturated heterocycles. The predicted molar refractivity (Wildman–Crippen MR) is 73.4 cm³/mol. The Bertz CT molecular complexity index is 517. The number of hydrogen-bond donors (Lipinski definition) is 2. The average molecular weight is 267 g/mol. The maximum absolute atomic E-state index is 12.2. The lowest BCUT2D eigenvalue weighted by Crippen LogP contribution is -2.38. The first-order valence-corrected chi connectivity index (χ1v) is 6.22. The largest absolute Gasteiger partial charge is 0.481 e. The molecule has 0 bridgehead atoms. The maximum Gasteiger partial charge on any atom is 0.308 e. The van der Waals surface area contributed by atoms with Crippen LogP contribution in [0.5, 0.6) is 0 Å². The lowest BCUT2D eigenvalue weighted by molar-refractivity contribution is -0.141. The number of nitrogens with zero attached hydrogens (tertiary/aromatic N) is 2. The molecule has 1 rings (SSSR count). The Morgan fingerprint density at radius 1 is 1.42 bits per heavy atom. The van der Waals surface area contributed by atoms with E-state index in [1.54, 1.807) is 24.6 Å². The summed E-state index contributed by atoms with van der Waals surface area (Å²) in [6.45, 7) is 9.06. The lowest BCUT2D eigenvalue weighted by atomic mass is 10.0. The van der Waals surface area contributed by atoms with Gasteiger partial charge in [0.25, 0.3) is 5.56 Å². The van der Waals surface area contributed by atoms with Crippen molar-refractivity contribution >= 4 is 11.8 Å². The van der Waals surface area contributed by atoms with Crippen molar-refractivity contribution in [3.8, 4) is 0 Å². The first-order chi connectivity index (χ1) is 8.64. The summed E-state index contributed by atoms with van der Waals surface area (Å²) < 4.78 is 1.57. The van der Waals surface area contributed by atoms with Gasteiger partial charge in [-0.1, -0.05) is 0 Å². The van der Waals surface area contributed by atoms with Crippen LogP contribution in [0.3, 0.4) is 0 Å². The average Bonchev–Trinajstić information content (AvgIpc) is 2.29. The van der Waals surface area contributed by atoms with E-state index in [1.807, 2.05) is 20.8 Å². The second kappa shape index (κ2) is 5.42. The molecule has 2 N–H and O–H groups in total. The summed E-state index contributed by atoms with van der Waals surface area (Å²) >= 11 is 0. The highest BCUT2D eigenvalue weighted by atomic mass is 16.4. The third kappa shape index (κ3) is 3.56. The number of hydrogen-bond acceptors (Lipinski definition) is 4. The summed E-state index contributed by atoms with van der Waals surface area (Å²) in [6.07, 6.45) is 3.16. The fourth-order valence-corrected chi connectivity index (χ4v) is 1.59. The molecule has 0 amide bonds. The molecule has 2 unspecified atom stereocenters. The number of nitrogens with one attached hydrogen (secondary N) is 1. The van der Waals surface area contributed by atoms with Crippen LogP contribution in [-0.2, 0) is 10.3 Å². The molecule has 0 aliphatic rings. The van der Waals surface area contributed by atoms with Gasteiger partial charge in [0.05, 0.1) is 5.92 Å². The summed E-state index contributed by atoms with van der Waals surface area (Å²) in [4.78, 5) is 27.1. The molecule has 0 aliphatic carbocycles. The number of anilines is 1. The molecule has 19 heavy (non-hydrogen) atoms. The van der Waals surface area contributed by atoms with Crippen molar-refractivity contribution in [3.63, 3.8) is 0 Å². The van der Waals surface area contributed by atoms with Gasteiger partial charge in [0.1, 0.15) is 0 Å². The minimum atomic E-state index is -0.910. The van der Waals surface area contributed by atoms with Crippen LogP contribution >= 0.6 is 0 Å². The Hall–Kier alpha value is -1.85. The molecule has 0 spiro atoms. The summed E-state index contributed by atoms with van der Waals surface area (Å²) in [5.74, 6) is -1.34. The summed E-state index contributed by atoms with van der Waals surface area (Å²) in [5, 5.41) is 11.8. The van der Waals surface area contributed by atoms with Gasteiger partial charge in [0, 0.05) is 24.0 Å². The Kier molecular flexibility index (Phi) is 4.34. The summed E-state index contributed by atoms with van der Waals surface area (Å²) in [6, 6.07) is -0.381. The Labute approximate surface area is 112 Å². The van der Waals surface area contributed by atoms with Gasteiger partial charge in [-0.3, -0.25) is 9.59 Å². The number of carboxylic acid groups (broad SMARTS) is 1. The van der Waals surface area contributed by atoms with Crippen molar-refractivity contribution in [2.24, 2.45) is 5.92 Å². The molecule has 2 atom stereocenters. The standard InChI is InChI=1S/C13H21N3O3/c1-8(12(18)19)9(2)15-10-11(17)16(7-6-14-10)13(3,4)5/h6-9H,1-5H3,(H,14,15)(H,18,19). The molecule has 6 nitrogen and oxygen atoms in total. The lowest BCUT2D eigenvalue weighted by Gasteiger charge is -2.24. The van der Waals surface area contributed by atoms with Crippen LogP contribution in [0.4, 0.5) is 5.82 Å². The quantitative estimate of drug-likeness (QED) is 0.864. The number of carbonyl (C=O) groups is 1. The van der Waals surface area contributed by atoms with Gasteiger partial charge < -0.3 is 15.0 Å². The SMILES string of the molecule is CC(Nc1nccn(C(C)(C)C)c1=O)C(C)C(=O)O. The number of carboxylic acids is 1. The molecular formula is C13H21N3O3. The molecule has 1 aromatic rings. The molecule has 0 aliphatic heterocycles. The second-order valence-electron chi connectivity index (χ2n) is 5.68. The van der Waals surface area contributed by atoms with Crippen LogP contribution in [0.1, 0.15) is 34.6 Å². The van der Waals surface area contributed by atoms with E-state index in [0.717, 1.165) is 0 Å². The van der Waals surface area contributed by atoms with Gasteiger partial charge in [0.15, 0.2) is 5.82 Å². The number of rotatable bonds is 4. The van der Waals surface area contributed by atoms with Crippen molar-refractivity contribution in [3.05, 3.63) is 22.7 Å². The molecule has 0 aromatic carbocycles. The van der Waals surface area contributed by atoms with Gasteiger partial charge in [-0.15, -0.1) is 0 Å². The normalized spacial score (nSPS) is 14.8. The molecule has 0 saturated carbocycles. The van der Waals surface area contributed by atoms with Gasteiger partial charge in [-0.05, 0) is 34.6 Å².